The third-order valence-electron chi connectivity index (χ3n) is 3.65. The van der Waals surface area contributed by atoms with Gasteiger partial charge in [-0.3, -0.25) is 4.79 Å². The fourth-order valence-corrected chi connectivity index (χ4v) is 2.47. The van der Waals surface area contributed by atoms with E-state index < -0.39 is 0 Å². The quantitative estimate of drug-likeness (QED) is 0.738. The average Bonchev–Trinajstić information content (AvgIpc) is 3.20. The molecule has 3 aromatic rings. The molecule has 0 spiro atoms. The molecule has 0 amide bonds. The summed E-state index contributed by atoms with van der Waals surface area (Å²) in [5.74, 6) is 0.789. The number of epoxide rings is 1. The number of aromatic amines is 1. The molecule has 1 N–H and O–H groups in total. The van der Waals surface area contributed by atoms with E-state index in [2.05, 4.69) is 4.98 Å². The Morgan fingerprint density at radius 3 is 3.10 bits per heavy atom. The zero-order valence-electron chi connectivity index (χ0n) is 11.1. The maximum absolute atomic E-state index is 12.2. The molecule has 0 bridgehead atoms. The number of benzene rings is 1. The van der Waals surface area contributed by atoms with E-state index >= 15 is 0 Å². The molecule has 1 aliphatic rings. The van der Waals surface area contributed by atoms with E-state index in [0.717, 1.165) is 28.6 Å². The van der Waals surface area contributed by atoms with Crippen LogP contribution in [0.1, 0.15) is 0 Å². The van der Waals surface area contributed by atoms with Crippen molar-refractivity contribution in [2.75, 3.05) is 13.2 Å². The minimum Gasteiger partial charge on any atom is -0.490 e. The van der Waals surface area contributed by atoms with E-state index in [1.54, 1.807) is 17.8 Å². The van der Waals surface area contributed by atoms with Gasteiger partial charge >= 0.3 is 0 Å². The lowest BCUT2D eigenvalue weighted by molar-refractivity contribution is 0.265. The SMILES string of the molecule is Cn1ccc2c([nH]c3cccc(OCC4CO4)c32)c1=O. The zero-order chi connectivity index (χ0) is 13.7. The normalized spacial score (nSPS) is 17.8. The number of aromatic nitrogens is 2. The molecule has 1 saturated heterocycles. The van der Waals surface area contributed by atoms with Gasteiger partial charge in [0.2, 0.25) is 0 Å². The van der Waals surface area contributed by atoms with Crippen molar-refractivity contribution >= 4 is 21.8 Å². The summed E-state index contributed by atoms with van der Waals surface area (Å²) in [7, 11) is 1.75. The lowest BCUT2D eigenvalue weighted by Gasteiger charge is -2.06. The minimum absolute atomic E-state index is 0.0322. The summed E-state index contributed by atoms with van der Waals surface area (Å²) in [6.45, 7) is 1.32. The molecular formula is C15H14N2O3. The van der Waals surface area contributed by atoms with Crippen LogP contribution in [0.25, 0.3) is 21.8 Å². The Bertz CT molecular complexity index is 859. The summed E-state index contributed by atoms with van der Waals surface area (Å²) in [4.78, 5) is 15.3. The Morgan fingerprint density at radius 2 is 2.30 bits per heavy atom. The molecule has 0 saturated carbocycles. The number of fused-ring (bicyclic) bond motifs is 3. The predicted octanol–water partition coefficient (Wildman–Crippen LogP) is 1.80. The first-order valence-corrected chi connectivity index (χ1v) is 6.58. The summed E-state index contributed by atoms with van der Waals surface area (Å²) in [5.41, 5.74) is 1.50. The van der Waals surface area contributed by atoms with Gasteiger partial charge < -0.3 is 19.0 Å². The lowest BCUT2D eigenvalue weighted by atomic mass is 10.1. The van der Waals surface area contributed by atoms with Crippen LogP contribution in [0, 0.1) is 0 Å². The zero-order valence-corrected chi connectivity index (χ0v) is 11.1. The number of nitrogens with zero attached hydrogens (tertiary/aromatic N) is 1. The van der Waals surface area contributed by atoms with Gasteiger partial charge in [-0.1, -0.05) is 6.07 Å². The molecule has 102 valence electrons. The molecule has 1 aliphatic heterocycles. The first-order chi connectivity index (χ1) is 9.74. The first kappa shape index (κ1) is 11.5. The van der Waals surface area contributed by atoms with Gasteiger partial charge in [0.05, 0.1) is 12.1 Å². The van der Waals surface area contributed by atoms with E-state index in [0.29, 0.717) is 12.1 Å². The molecule has 1 fully saturated rings. The molecule has 1 aromatic carbocycles. The summed E-state index contributed by atoms with van der Waals surface area (Å²) in [6.07, 6.45) is 1.99. The monoisotopic (exact) mass is 270 g/mol. The highest BCUT2D eigenvalue weighted by Gasteiger charge is 2.23. The molecule has 2 aromatic heterocycles. The van der Waals surface area contributed by atoms with Gasteiger partial charge in [0.25, 0.3) is 5.56 Å². The second-order valence-electron chi connectivity index (χ2n) is 5.09. The van der Waals surface area contributed by atoms with Crippen molar-refractivity contribution in [1.82, 2.24) is 9.55 Å². The summed E-state index contributed by atoms with van der Waals surface area (Å²) in [5, 5.41) is 1.86. The third kappa shape index (κ3) is 1.71. The highest BCUT2D eigenvalue weighted by atomic mass is 16.6. The van der Waals surface area contributed by atoms with Crippen LogP contribution in [-0.2, 0) is 11.8 Å². The summed E-state index contributed by atoms with van der Waals surface area (Å²) in [6, 6.07) is 7.74. The van der Waals surface area contributed by atoms with Crippen molar-refractivity contribution < 1.29 is 9.47 Å². The van der Waals surface area contributed by atoms with E-state index in [1.165, 1.54) is 0 Å². The fraction of sp³-hybridized carbons (Fsp3) is 0.267. The van der Waals surface area contributed by atoms with Crippen LogP contribution in [0.4, 0.5) is 0 Å². The van der Waals surface area contributed by atoms with Crippen LogP contribution < -0.4 is 10.3 Å². The number of ether oxygens (including phenoxy) is 2. The number of nitrogens with one attached hydrogen (secondary N) is 1. The van der Waals surface area contributed by atoms with Crippen LogP contribution in [0.2, 0.25) is 0 Å². The third-order valence-corrected chi connectivity index (χ3v) is 3.65. The number of aryl methyl sites for hydroxylation is 1. The fourth-order valence-electron chi connectivity index (χ4n) is 2.47. The molecule has 1 atom stereocenters. The molecule has 0 radical (unpaired) electrons. The topological polar surface area (TPSA) is 59.5 Å². The molecule has 1 unspecified atom stereocenters. The van der Waals surface area contributed by atoms with Crippen molar-refractivity contribution in [2.24, 2.45) is 7.05 Å². The van der Waals surface area contributed by atoms with Crippen molar-refractivity contribution in [2.45, 2.75) is 6.10 Å². The number of pyridine rings is 1. The van der Waals surface area contributed by atoms with Crippen LogP contribution in [-0.4, -0.2) is 28.9 Å². The van der Waals surface area contributed by atoms with Gasteiger partial charge in [0.15, 0.2) is 0 Å². The van der Waals surface area contributed by atoms with E-state index in [9.17, 15) is 4.79 Å². The number of hydrogen-bond donors (Lipinski definition) is 1. The van der Waals surface area contributed by atoms with E-state index in [4.69, 9.17) is 9.47 Å². The Labute approximate surface area is 114 Å². The smallest absolute Gasteiger partial charge is 0.274 e. The second kappa shape index (κ2) is 4.11. The Kier molecular flexibility index (Phi) is 2.37. The molecular weight excluding hydrogens is 256 g/mol. The number of rotatable bonds is 3. The van der Waals surface area contributed by atoms with Crippen LogP contribution >= 0.6 is 0 Å². The second-order valence-corrected chi connectivity index (χ2v) is 5.09. The Hall–Kier alpha value is -2.27. The van der Waals surface area contributed by atoms with Gasteiger partial charge in [0.1, 0.15) is 24.0 Å². The summed E-state index contributed by atoms with van der Waals surface area (Å²) < 4.78 is 12.6. The highest BCUT2D eigenvalue weighted by Crippen LogP contribution is 2.32. The Balaban J connectivity index is 1.95. The summed E-state index contributed by atoms with van der Waals surface area (Å²) >= 11 is 0. The standard InChI is InChI=1S/C15H14N2O3/c1-17-6-5-10-13-11(16-14(10)15(17)18)3-2-4-12(13)20-8-9-7-19-9/h2-6,9,16H,7-8H2,1H3. The van der Waals surface area contributed by atoms with Crippen molar-refractivity contribution in [1.29, 1.82) is 0 Å². The van der Waals surface area contributed by atoms with Gasteiger partial charge in [0, 0.05) is 24.0 Å². The molecule has 5 heteroatoms. The Morgan fingerprint density at radius 1 is 1.45 bits per heavy atom. The maximum atomic E-state index is 12.2. The number of hydrogen-bond acceptors (Lipinski definition) is 3. The van der Waals surface area contributed by atoms with E-state index in [-0.39, 0.29) is 11.7 Å². The molecule has 20 heavy (non-hydrogen) atoms. The van der Waals surface area contributed by atoms with Gasteiger partial charge in [-0.25, -0.2) is 0 Å². The van der Waals surface area contributed by atoms with E-state index in [1.807, 2.05) is 24.3 Å². The minimum atomic E-state index is -0.0322. The van der Waals surface area contributed by atoms with Crippen LogP contribution in [0.3, 0.4) is 0 Å². The predicted molar refractivity (Wildman–Crippen MR) is 76.3 cm³/mol. The molecule has 0 aliphatic carbocycles. The lowest BCUT2D eigenvalue weighted by Crippen LogP contribution is -2.15. The largest absolute Gasteiger partial charge is 0.490 e. The van der Waals surface area contributed by atoms with Gasteiger partial charge in [-0.2, -0.15) is 0 Å². The average molecular weight is 270 g/mol. The van der Waals surface area contributed by atoms with Crippen molar-refractivity contribution in [3.8, 4) is 5.75 Å². The first-order valence-electron chi connectivity index (χ1n) is 6.58. The molecule has 5 nitrogen and oxygen atoms in total. The molecule has 4 rings (SSSR count). The highest BCUT2D eigenvalue weighted by molar-refractivity contribution is 6.10. The van der Waals surface area contributed by atoms with Crippen molar-refractivity contribution in [3.63, 3.8) is 0 Å². The van der Waals surface area contributed by atoms with Gasteiger partial charge in [-0.05, 0) is 18.2 Å². The number of H-pyrrole nitrogens is 1. The van der Waals surface area contributed by atoms with Gasteiger partial charge in [-0.15, -0.1) is 0 Å². The van der Waals surface area contributed by atoms with Crippen LogP contribution in [0.5, 0.6) is 5.75 Å². The maximum Gasteiger partial charge on any atom is 0.274 e. The van der Waals surface area contributed by atoms with Crippen molar-refractivity contribution in [3.05, 3.63) is 40.8 Å². The molecule has 3 heterocycles. The van der Waals surface area contributed by atoms with Crippen LogP contribution in [0.15, 0.2) is 35.3 Å².